The Labute approximate surface area is 205 Å². The van der Waals surface area contributed by atoms with E-state index in [4.69, 9.17) is 4.74 Å². The first-order valence-electron chi connectivity index (χ1n) is 10.8. The van der Waals surface area contributed by atoms with E-state index in [9.17, 15) is 13.2 Å². The van der Waals surface area contributed by atoms with E-state index in [-0.39, 0.29) is 0 Å². The number of aliphatic imine (C=N–C) groups is 1. The second-order valence-electron chi connectivity index (χ2n) is 8.06. The molecule has 1 atom stereocenters. The second-order valence-corrected chi connectivity index (χ2v) is 8.06. The molecule has 0 saturated carbocycles. The third kappa shape index (κ3) is 5.38. The highest BCUT2D eigenvalue weighted by Gasteiger charge is 2.59. The van der Waals surface area contributed by atoms with Gasteiger partial charge < -0.3 is 4.74 Å². The van der Waals surface area contributed by atoms with Crippen molar-refractivity contribution in [3.8, 4) is 11.1 Å². The van der Waals surface area contributed by atoms with Crippen LogP contribution >= 0.6 is 0 Å². The summed E-state index contributed by atoms with van der Waals surface area (Å²) in [6, 6.07) is 10.2. The predicted molar refractivity (Wildman–Crippen MR) is 128 cm³/mol. The number of ether oxygens (including phenoxy) is 1. The molecule has 1 N–H and O–H groups in total. The van der Waals surface area contributed by atoms with E-state index in [0.29, 0.717) is 22.9 Å². The Bertz CT molecular complexity index is 1230. The Morgan fingerprint density at radius 1 is 1.06 bits per heavy atom. The highest BCUT2D eigenvalue weighted by Crippen LogP contribution is 2.48. The minimum absolute atomic E-state index is 0.439. The fraction of sp³-hybridized carbons (Fsp3) is 0.231. The van der Waals surface area contributed by atoms with Crippen molar-refractivity contribution < 1.29 is 26.7 Å². The largest absolute Gasteiger partial charge is 0.365 e. The van der Waals surface area contributed by atoms with E-state index in [2.05, 4.69) is 22.0 Å². The molecule has 3 aromatic rings. The summed E-state index contributed by atoms with van der Waals surface area (Å²) >= 11 is 0. The van der Waals surface area contributed by atoms with Crippen LogP contribution in [0, 0.1) is 17.5 Å². The maximum Gasteiger partial charge on any atom is 0.324 e. The fourth-order valence-electron chi connectivity index (χ4n) is 3.48. The van der Waals surface area contributed by atoms with Gasteiger partial charge in [0.25, 0.3) is 0 Å². The number of hydrogen-bond acceptors (Lipinski definition) is 4. The number of methoxy groups -OCH3 is 1. The van der Waals surface area contributed by atoms with Gasteiger partial charge in [0, 0.05) is 43.2 Å². The van der Waals surface area contributed by atoms with Crippen LogP contribution in [0.5, 0.6) is 0 Å². The molecule has 0 spiro atoms. The molecule has 0 aliphatic rings. The summed E-state index contributed by atoms with van der Waals surface area (Å²) < 4.78 is 79.2. The summed E-state index contributed by atoms with van der Waals surface area (Å²) in [5.74, 6) is -6.51. The SMILES string of the molecule is C=C(C)N(C)NC=NCC(OC)(c1ccc(F)cc1F)C(F)(F)c1ccc(-c2ccc(F)cc2)cn1. The normalized spacial score (nSPS) is 13.4. The van der Waals surface area contributed by atoms with Crippen LogP contribution in [0.4, 0.5) is 22.0 Å². The summed E-state index contributed by atoms with van der Waals surface area (Å²) in [6.45, 7) is 4.70. The molecular weight excluding hydrogens is 479 g/mol. The fourth-order valence-corrected chi connectivity index (χ4v) is 3.48. The minimum atomic E-state index is -3.92. The molecule has 0 saturated heterocycles. The van der Waals surface area contributed by atoms with Crippen molar-refractivity contribution in [1.82, 2.24) is 15.4 Å². The van der Waals surface area contributed by atoms with Gasteiger partial charge in [-0.3, -0.25) is 20.4 Å². The molecule has 36 heavy (non-hydrogen) atoms. The Balaban J connectivity index is 2.05. The van der Waals surface area contributed by atoms with Crippen molar-refractivity contribution in [3.63, 3.8) is 0 Å². The van der Waals surface area contributed by atoms with Crippen LogP contribution < -0.4 is 5.43 Å². The number of benzene rings is 2. The molecule has 5 nitrogen and oxygen atoms in total. The average Bonchev–Trinajstić information content (AvgIpc) is 2.85. The molecule has 10 heteroatoms. The molecule has 190 valence electrons. The number of aromatic nitrogens is 1. The monoisotopic (exact) mass is 504 g/mol. The van der Waals surface area contributed by atoms with Crippen molar-refractivity contribution >= 4 is 6.34 Å². The summed E-state index contributed by atoms with van der Waals surface area (Å²) in [5, 5.41) is 1.49. The van der Waals surface area contributed by atoms with Gasteiger partial charge in [0.1, 0.15) is 29.5 Å². The van der Waals surface area contributed by atoms with Gasteiger partial charge in [-0.15, -0.1) is 0 Å². The highest BCUT2D eigenvalue weighted by molar-refractivity contribution is 5.62. The summed E-state index contributed by atoms with van der Waals surface area (Å²) in [6.07, 6.45) is 2.34. The number of hydrogen-bond donors (Lipinski definition) is 1. The number of halogens is 5. The molecule has 1 unspecified atom stereocenters. The smallest absolute Gasteiger partial charge is 0.324 e. The Morgan fingerprint density at radius 3 is 2.25 bits per heavy atom. The lowest BCUT2D eigenvalue weighted by atomic mass is 9.84. The van der Waals surface area contributed by atoms with Crippen molar-refractivity contribution in [2.45, 2.75) is 18.4 Å². The van der Waals surface area contributed by atoms with Crippen LogP contribution in [0.25, 0.3) is 11.1 Å². The second kappa shape index (κ2) is 10.9. The Morgan fingerprint density at radius 2 is 1.69 bits per heavy atom. The third-order valence-electron chi connectivity index (χ3n) is 5.71. The van der Waals surface area contributed by atoms with Crippen LogP contribution in [0.2, 0.25) is 0 Å². The highest BCUT2D eigenvalue weighted by atomic mass is 19.3. The summed E-state index contributed by atoms with van der Waals surface area (Å²) in [7, 11) is 2.63. The quantitative estimate of drug-likeness (QED) is 0.164. The van der Waals surface area contributed by atoms with Gasteiger partial charge in [-0.05, 0) is 42.8 Å². The van der Waals surface area contributed by atoms with Crippen molar-refractivity contribution in [1.29, 1.82) is 0 Å². The molecule has 1 heterocycles. The van der Waals surface area contributed by atoms with Gasteiger partial charge >= 0.3 is 5.92 Å². The van der Waals surface area contributed by atoms with Crippen molar-refractivity contribution in [3.05, 3.63) is 102 Å². The van der Waals surface area contributed by atoms with Crippen LogP contribution in [-0.2, 0) is 16.3 Å². The van der Waals surface area contributed by atoms with Gasteiger partial charge in [0.05, 0.1) is 6.54 Å². The molecule has 0 bridgehead atoms. The predicted octanol–water partition coefficient (Wildman–Crippen LogP) is 5.80. The Hall–Kier alpha value is -3.79. The molecule has 2 aromatic carbocycles. The summed E-state index contributed by atoms with van der Waals surface area (Å²) in [4.78, 5) is 7.90. The van der Waals surface area contributed by atoms with Crippen molar-refractivity contribution in [2.24, 2.45) is 4.99 Å². The lowest BCUT2D eigenvalue weighted by Crippen LogP contribution is -2.49. The first-order chi connectivity index (χ1) is 17.0. The molecular formula is C26H25F5N4O. The van der Waals surface area contributed by atoms with E-state index >= 15 is 8.78 Å². The summed E-state index contributed by atoms with van der Waals surface area (Å²) in [5.41, 5.74) is 0.397. The van der Waals surface area contributed by atoms with Gasteiger partial charge in [-0.2, -0.15) is 8.78 Å². The zero-order valence-corrected chi connectivity index (χ0v) is 19.9. The number of nitrogens with zero attached hydrogens (tertiary/aromatic N) is 3. The van der Waals surface area contributed by atoms with Crippen LogP contribution in [0.3, 0.4) is 0 Å². The molecule has 1 aromatic heterocycles. The number of pyridine rings is 1. The van der Waals surface area contributed by atoms with Gasteiger partial charge in [0.15, 0.2) is 5.60 Å². The number of allylic oxidation sites excluding steroid dienone is 1. The van der Waals surface area contributed by atoms with Gasteiger partial charge in [0.2, 0.25) is 0 Å². The number of rotatable bonds is 10. The zero-order chi connectivity index (χ0) is 26.5. The van der Waals surface area contributed by atoms with Gasteiger partial charge in [-0.25, -0.2) is 13.2 Å². The molecule has 0 radical (unpaired) electrons. The molecule has 0 aliphatic heterocycles. The maximum atomic E-state index is 16.1. The average molecular weight is 505 g/mol. The zero-order valence-electron chi connectivity index (χ0n) is 19.9. The molecule has 3 rings (SSSR count). The standard InChI is InChI=1S/C26H25F5N4O/c1-17(2)35(3)34-16-32-15-25(36-4,22-11-10-21(28)13-23(22)29)26(30,31)24-12-7-19(14-33-24)18-5-8-20(27)9-6-18/h5-14,16H,1,15H2,2-4H3,(H,32,34). The molecule has 0 fully saturated rings. The third-order valence-corrected chi connectivity index (χ3v) is 5.71. The topological polar surface area (TPSA) is 49.8 Å². The van der Waals surface area contributed by atoms with Gasteiger partial charge in [-0.1, -0.05) is 24.8 Å². The minimum Gasteiger partial charge on any atom is -0.365 e. The van der Waals surface area contributed by atoms with E-state index in [1.807, 2.05) is 0 Å². The lowest BCUT2D eigenvalue weighted by Gasteiger charge is -2.38. The van der Waals surface area contributed by atoms with Crippen LogP contribution in [-0.4, -0.2) is 37.0 Å². The first kappa shape index (κ1) is 26.8. The first-order valence-corrected chi connectivity index (χ1v) is 10.8. The maximum absolute atomic E-state index is 16.1. The van der Waals surface area contributed by atoms with Crippen LogP contribution in [0.15, 0.2) is 78.1 Å². The number of nitrogens with one attached hydrogen (secondary N) is 1. The molecule has 0 aliphatic carbocycles. The van der Waals surface area contributed by atoms with Crippen LogP contribution in [0.1, 0.15) is 18.2 Å². The lowest BCUT2D eigenvalue weighted by molar-refractivity contribution is -0.209. The Kier molecular flexibility index (Phi) is 8.09. The number of alkyl halides is 2. The van der Waals surface area contributed by atoms with E-state index in [1.54, 1.807) is 14.0 Å². The van der Waals surface area contributed by atoms with Crippen molar-refractivity contribution in [2.75, 3.05) is 20.7 Å². The van der Waals surface area contributed by atoms with E-state index in [0.717, 1.165) is 31.6 Å². The van der Waals surface area contributed by atoms with E-state index in [1.165, 1.54) is 41.5 Å². The van der Waals surface area contributed by atoms with E-state index < -0.39 is 46.8 Å². The molecule has 0 amide bonds. The number of hydrazine groups is 1.